The highest BCUT2D eigenvalue weighted by Gasteiger charge is 2.44. The molecule has 7 atom stereocenters. The minimum Gasteiger partial charge on any atom is -0.394 e. The maximum atomic E-state index is 13.1. The van der Waals surface area contributed by atoms with E-state index in [0.717, 1.165) is 38.5 Å². The van der Waals surface area contributed by atoms with Gasteiger partial charge in [-0.15, -0.1) is 0 Å². The smallest absolute Gasteiger partial charge is 0.220 e. The Morgan fingerprint density at radius 3 is 1.12 bits per heavy atom. The maximum absolute atomic E-state index is 13.1. The van der Waals surface area contributed by atoms with Gasteiger partial charge in [-0.2, -0.15) is 0 Å². The molecule has 9 heteroatoms. The molecule has 0 aromatic carbocycles. The van der Waals surface area contributed by atoms with E-state index in [1.807, 2.05) is 6.08 Å². The molecule has 1 rings (SSSR count). The van der Waals surface area contributed by atoms with Crippen molar-refractivity contribution in [3.63, 3.8) is 0 Å². The summed E-state index contributed by atoms with van der Waals surface area (Å²) in [6, 6.07) is -0.801. The normalized spacial score (nSPS) is 19.2. The van der Waals surface area contributed by atoms with Crippen LogP contribution in [0.4, 0.5) is 0 Å². The van der Waals surface area contributed by atoms with Gasteiger partial charge < -0.3 is 40.3 Å². The van der Waals surface area contributed by atoms with Crippen molar-refractivity contribution < 1.29 is 39.8 Å². The lowest BCUT2D eigenvalue weighted by atomic mass is 9.99. The van der Waals surface area contributed by atoms with Crippen LogP contribution in [0.3, 0.4) is 0 Å². The maximum Gasteiger partial charge on any atom is 0.220 e. The fraction of sp³-hybridized carbons (Fsp3) is 0.921. The highest BCUT2D eigenvalue weighted by molar-refractivity contribution is 5.76. The molecule has 0 aliphatic carbocycles. The monoisotopic (exact) mass is 1020 g/mol. The SMILES string of the molecule is CCCCCCCCCC/C=C\CCCCCCCCCCCCCCCCCCCCCCCCCC(=O)NC(COC1OC(CO)C(O)C(O)C1O)C(O)/C=C/CCCCCCCCCCCCCC. The number of aliphatic hydroxyl groups excluding tert-OH is 5. The second-order valence-corrected chi connectivity index (χ2v) is 22.2. The van der Waals surface area contributed by atoms with Crippen LogP contribution in [0.25, 0.3) is 0 Å². The molecule has 72 heavy (non-hydrogen) atoms. The van der Waals surface area contributed by atoms with E-state index in [0.29, 0.717) is 6.42 Å². The second kappa shape index (κ2) is 53.1. The van der Waals surface area contributed by atoms with Crippen LogP contribution in [0, 0.1) is 0 Å². The molecule has 0 saturated carbocycles. The van der Waals surface area contributed by atoms with Gasteiger partial charge in [-0.25, -0.2) is 0 Å². The third-order valence-electron chi connectivity index (χ3n) is 15.3. The van der Waals surface area contributed by atoms with Crippen molar-refractivity contribution >= 4 is 5.91 Å². The fourth-order valence-electron chi connectivity index (χ4n) is 10.3. The van der Waals surface area contributed by atoms with Crippen LogP contribution >= 0.6 is 0 Å². The molecule has 426 valence electrons. The number of unbranched alkanes of at least 4 members (excludes halogenated alkanes) is 43. The van der Waals surface area contributed by atoms with E-state index in [2.05, 4.69) is 31.3 Å². The Morgan fingerprint density at radius 2 is 0.778 bits per heavy atom. The molecule has 1 saturated heterocycles. The van der Waals surface area contributed by atoms with Crippen molar-refractivity contribution in [3.05, 3.63) is 24.3 Å². The number of carbonyl (C=O) groups is 1. The summed E-state index contributed by atoms with van der Waals surface area (Å²) in [6.45, 7) is 3.81. The molecule has 9 nitrogen and oxygen atoms in total. The van der Waals surface area contributed by atoms with Gasteiger partial charge in [-0.3, -0.25) is 4.79 Å². The lowest BCUT2D eigenvalue weighted by Crippen LogP contribution is -2.60. The van der Waals surface area contributed by atoms with Crippen molar-refractivity contribution in [1.29, 1.82) is 0 Å². The quantitative estimate of drug-likeness (QED) is 0.0261. The van der Waals surface area contributed by atoms with Crippen molar-refractivity contribution in [2.75, 3.05) is 13.2 Å². The van der Waals surface area contributed by atoms with Gasteiger partial charge in [0.15, 0.2) is 6.29 Å². The molecule has 0 aromatic heterocycles. The van der Waals surface area contributed by atoms with E-state index in [-0.39, 0.29) is 12.5 Å². The van der Waals surface area contributed by atoms with E-state index < -0.39 is 49.5 Å². The molecule has 0 bridgehead atoms. The van der Waals surface area contributed by atoms with Gasteiger partial charge in [-0.05, 0) is 44.9 Å². The number of allylic oxidation sites excluding steroid dienone is 3. The third-order valence-corrected chi connectivity index (χ3v) is 15.3. The van der Waals surface area contributed by atoms with Crippen molar-refractivity contribution in [3.8, 4) is 0 Å². The zero-order valence-corrected chi connectivity index (χ0v) is 47.5. The Kier molecular flexibility index (Phi) is 50.6. The summed E-state index contributed by atoms with van der Waals surface area (Å²) >= 11 is 0. The van der Waals surface area contributed by atoms with E-state index in [9.17, 15) is 30.3 Å². The Bertz CT molecular complexity index is 1180. The molecule has 0 spiro atoms. The van der Waals surface area contributed by atoms with Crippen molar-refractivity contribution in [2.45, 2.75) is 358 Å². The van der Waals surface area contributed by atoms with Crippen LogP contribution in [0.5, 0.6) is 0 Å². The average Bonchev–Trinajstić information content (AvgIpc) is 3.38. The van der Waals surface area contributed by atoms with Gasteiger partial charge in [0.2, 0.25) is 5.91 Å². The summed E-state index contributed by atoms with van der Waals surface area (Å²) in [5.41, 5.74) is 0. The minimum absolute atomic E-state index is 0.171. The number of ether oxygens (including phenoxy) is 2. The fourth-order valence-corrected chi connectivity index (χ4v) is 10.3. The number of rotatable bonds is 55. The molecule has 1 amide bonds. The summed E-state index contributed by atoms with van der Waals surface area (Å²) in [4.78, 5) is 13.1. The topological polar surface area (TPSA) is 149 Å². The predicted molar refractivity (Wildman–Crippen MR) is 304 cm³/mol. The number of nitrogens with one attached hydrogen (secondary N) is 1. The van der Waals surface area contributed by atoms with Gasteiger partial charge in [0, 0.05) is 6.42 Å². The van der Waals surface area contributed by atoms with E-state index in [1.165, 1.54) is 257 Å². The molecule has 1 aliphatic rings. The Morgan fingerprint density at radius 1 is 0.458 bits per heavy atom. The average molecular weight is 1020 g/mol. The standard InChI is InChI=1S/C63H121NO8/c1-3-5-7-9-11-13-15-17-19-20-21-22-23-24-25-26-27-28-29-30-31-32-33-34-35-36-37-38-39-41-43-45-47-49-51-53-59(67)64-56(55-71-63-62(70)61(69)60(68)58(54-65)72-63)57(66)52-50-48-46-44-42-40-18-16-14-12-10-8-6-4-2/h20-21,50,52,56-58,60-63,65-66,68-70H,3-19,22-49,51,53-55H2,1-2H3,(H,64,67)/b21-20-,52-50+. The molecule has 0 aromatic rings. The molecule has 7 unspecified atom stereocenters. The molecule has 6 N–H and O–H groups in total. The Labute approximate surface area is 445 Å². The summed E-state index contributed by atoms with van der Waals surface area (Å²) in [5, 5.41) is 54.5. The summed E-state index contributed by atoms with van der Waals surface area (Å²) in [7, 11) is 0. The lowest BCUT2D eigenvalue weighted by molar-refractivity contribution is -0.302. The van der Waals surface area contributed by atoms with Crippen molar-refractivity contribution in [2.24, 2.45) is 0 Å². The number of carbonyl (C=O) groups excluding carboxylic acids is 1. The molecular weight excluding hydrogens is 899 g/mol. The molecular formula is C63H121NO8. The molecule has 1 fully saturated rings. The Balaban J connectivity index is 2.07. The zero-order valence-electron chi connectivity index (χ0n) is 47.5. The van der Waals surface area contributed by atoms with Crippen LogP contribution in [-0.4, -0.2) is 87.5 Å². The van der Waals surface area contributed by atoms with Gasteiger partial charge in [0.05, 0.1) is 25.4 Å². The van der Waals surface area contributed by atoms with Crippen molar-refractivity contribution in [1.82, 2.24) is 5.32 Å². The third kappa shape index (κ3) is 41.9. The molecule has 1 aliphatic heterocycles. The predicted octanol–water partition coefficient (Wildman–Crippen LogP) is 16.1. The van der Waals surface area contributed by atoms with Crippen LogP contribution < -0.4 is 5.32 Å². The van der Waals surface area contributed by atoms with Crippen LogP contribution in [-0.2, 0) is 14.3 Å². The van der Waals surface area contributed by atoms with Gasteiger partial charge in [0.25, 0.3) is 0 Å². The number of hydrogen-bond donors (Lipinski definition) is 6. The van der Waals surface area contributed by atoms with Gasteiger partial charge >= 0.3 is 0 Å². The summed E-state index contributed by atoms with van der Waals surface area (Å²) in [6.07, 6.45) is 61.4. The molecule has 1 heterocycles. The highest BCUT2D eigenvalue weighted by Crippen LogP contribution is 2.23. The van der Waals surface area contributed by atoms with Crippen LogP contribution in [0.15, 0.2) is 24.3 Å². The first-order valence-electron chi connectivity index (χ1n) is 31.6. The van der Waals surface area contributed by atoms with Crippen LogP contribution in [0.1, 0.15) is 316 Å². The summed E-state index contributed by atoms with van der Waals surface area (Å²) < 4.78 is 11.3. The van der Waals surface area contributed by atoms with E-state index in [1.54, 1.807) is 6.08 Å². The first kappa shape index (κ1) is 68.7. The lowest BCUT2D eigenvalue weighted by Gasteiger charge is -2.40. The Hall–Kier alpha value is -1.33. The summed E-state index contributed by atoms with van der Waals surface area (Å²) in [5.74, 6) is -0.171. The van der Waals surface area contributed by atoms with Gasteiger partial charge in [-0.1, -0.05) is 289 Å². The first-order valence-corrected chi connectivity index (χ1v) is 31.6. The highest BCUT2D eigenvalue weighted by atomic mass is 16.7. The first-order chi connectivity index (χ1) is 35.3. The largest absolute Gasteiger partial charge is 0.394 e. The van der Waals surface area contributed by atoms with E-state index >= 15 is 0 Å². The second-order valence-electron chi connectivity index (χ2n) is 22.2. The molecule has 0 radical (unpaired) electrons. The number of hydrogen-bond acceptors (Lipinski definition) is 8. The van der Waals surface area contributed by atoms with Gasteiger partial charge in [0.1, 0.15) is 24.4 Å². The zero-order chi connectivity index (χ0) is 52.2. The minimum atomic E-state index is -1.56. The number of amides is 1. The number of aliphatic hydroxyl groups is 5. The van der Waals surface area contributed by atoms with E-state index in [4.69, 9.17) is 9.47 Å². The van der Waals surface area contributed by atoms with Crippen LogP contribution in [0.2, 0.25) is 0 Å².